The number of hydrogen-bond donors (Lipinski definition) is 2. The molecule has 35 heavy (non-hydrogen) atoms. The van der Waals surface area contributed by atoms with E-state index in [4.69, 9.17) is 11.6 Å². The number of rotatable bonds is 5. The maximum Gasteiger partial charge on any atom is 0.255 e. The van der Waals surface area contributed by atoms with Gasteiger partial charge in [0.15, 0.2) is 33.5 Å². The molecule has 0 saturated heterocycles. The van der Waals surface area contributed by atoms with Crippen LogP contribution in [0.25, 0.3) is 0 Å². The summed E-state index contributed by atoms with van der Waals surface area (Å²) in [6.07, 6.45) is 2.44. The van der Waals surface area contributed by atoms with E-state index in [9.17, 15) is 36.7 Å². The fourth-order valence-corrected chi connectivity index (χ4v) is 8.20. The first-order valence-corrected chi connectivity index (χ1v) is 12.7. The molecule has 2 aromatic carbocycles. The maximum atomic E-state index is 13.6. The molecule has 2 aliphatic rings. The van der Waals surface area contributed by atoms with Crippen LogP contribution in [0, 0.1) is 34.5 Å². The summed E-state index contributed by atoms with van der Waals surface area (Å²) in [5.74, 6) is -6.38. The first-order chi connectivity index (χ1) is 16.3. The van der Waals surface area contributed by atoms with Crippen LogP contribution in [0.4, 0.5) is 18.9 Å². The predicted molar refractivity (Wildman–Crippen MR) is 123 cm³/mol. The lowest BCUT2D eigenvalue weighted by Gasteiger charge is -2.37. The average Bonchev–Trinajstić information content (AvgIpc) is 3.04. The molecule has 0 aliphatic heterocycles. The van der Waals surface area contributed by atoms with Crippen LogP contribution in [0.15, 0.2) is 35.2 Å². The standard InChI is InChI=1S/C23H22ClF3N2O5S/c1-29(32)11-23(31)9-13-2-3-14(10-23)21(13)35(33,34)19-6-12(4-5-16(19)24)22(30)28-15-7-17(25)20(27)18(26)8-15/h4-8,11,13-14,21,31H,2-3,9-10H2,1H3,(H,28,30)/b29-11+/t13-,14?,21+,23+/m0/s1. The number of hydrogen-bond acceptors (Lipinski definition) is 5. The summed E-state index contributed by atoms with van der Waals surface area (Å²) in [4.78, 5) is 12.4. The minimum Gasteiger partial charge on any atom is -0.624 e. The Hall–Kier alpha value is -2.63. The van der Waals surface area contributed by atoms with Gasteiger partial charge in [-0.25, -0.2) is 26.3 Å². The Labute approximate surface area is 204 Å². The number of hydroxylamine groups is 1. The molecule has 188 valence electrons. The molecule has 4 atom stereocenters. The van der Waals surface area contributed by atoms with E-state index in [1.165, 1.54) is 19.2 Å². The highest BCUT2D eigenvalue weighted by atomic mass is 35.5. The van der Waals surface area contributed by atoms with E-state index in [1.807, 2.05) is 0 Å². The van der Waals surface area contributed by atoms with Gasteiger partial charge in [-0.05, 0) is 55.7 Å². The van der Waals surface area contributed by atoms with Crippen molar-refractivity contribution in [1.82, 2.24) is 0 Å². The third kappa shape index (κ3) is 4.89. The number of halogens is 4. The lowest BCUT2D eigenvalue weighted by molar-refractivity contribution is -0.423. The first-order valence-electron chi connectivity index (χ1n) is 10.8. The SMILES string of the molecule is C/[N+]([O-])=C\[C@]1(O)CC2CC[C@@H](C1)[C@H]2S(=O)(=O)c1cc(C(=O)Nc2cc(F)c(F)c(F)c2)ccc1Cl. The number of sulfone groups is 1. The second-order valence-corrected chi connectivity index (χ2v) is 11.6. The molecule has 4 rings (SSSR count). The number of amides is 1. The van der Waals surface area contributed by atoms with Gasteiger partial charge in [0.25, 0.3) is 5.91 Å². The Morgan fingerprint density at radius 1 is 1.17 bits per heavy atom. The number of nitrogens with zero attached hydrogens (tertiary/aromatic N) is 1. The monoisotopic (exact) mass is 530 g/mol. The Kier molecular flexibility index (Phi) is 6.62. The Balaban J connectivity index is 1.62. The van der Waals surface area contributed by atoms with Crippen molar-refractivity contribution >= 4 is 39.2 Å². The number of carbonyl (C=O) groups excluding carboxylic acids is 1. The van der Waals surface area contributed by atoms with Crippen molar-refractivity contribution in [3.05, 3.63) is 63.6 Å². The summed E-state index contributed by atoms with van der Waals surface area (Å²) in [6.45, 7) is 0. The van der Waals surface area contributed by atoms with Crippen LogP contribution in [0.5, 0.6) is 0 Å². The maximum absolute atomic E-state index is 13.6. The number of nitrogens with one attached hydrogen (secondary N) is 1. The zero-order valence-corrected chi connectivity index (χ0v) is 20.0. The summed E-state index contributed by atoms with van der Waals surface area (Å²) in [7, 11) is -2.81. The van der Waals surface area contributed by atoms with E-state index in [-0.39, 0.29) is 34.0 Å². The van der Waals surface area contributed by atoms with E-state index in [2.05, 4.69) is 5.32 Å². The summed E-state index contributed by atoms with van der Waals surface area (Å²) in [5, 5.41) is 23.5. The van der Waals surface area contributed by atoms with Crippen LogP contribution >= 0.6 is 11.6 Å². The normalized spacial score (nSPS) is 26.6. The molecule has 1 unspecified atom stereocenters. The molecule has 2 aromatic rings. The average molecular weight is 531 g/mol. The van der Waals surface area contributed by atoms with E-state index < -0.39 is 55.9 Å². The molecule has 12 heteroatoms. The Morgan fingerprint density at radius 3 is 2.29 bits per heavy atom. The van der Waals surface area contributed by atoms with Crippen molar-refractivity contribution in [2.45, 2.75) is 41.4 Å². The summed E-state index contributed by atoms with van der Waals surface area (Å²) < 4.78 is 67.9. The topological polar surface area (TPSA) is 110 Å². The summed E-state index contributed by atoms with van der Waals surface area (Å²) >= 11 is 6.21. The second-order valence-electron chi connectivity index (χ2n) is 9.15. The molecular weight excluding hydrogens is 509 g/mol. The molecule has 0 heterocycles. The molecule has 2 aliphatic carbocycles. The van der Waals surface area contributed by atoms with Crippen LogP contribution in [0.2, 0.25) is 5.02 Å². The zero-order valence-electron chi connectivity index (χ0n) is 18.5. The van der Waals surface area contributed by atoms with Gasteiger partial charge in [0.1, 0.15) is 12.6 Å². The van der Waals surface area contributed by atoms with Crippen molar-refractivity contribution in [1.29, 1.82) is 0 Å². The molecule has 7 nitrogen and oxygen atoms in total. The number of carbonyl (C=O) groups is 1. The van der Waals surface area contributed by atoms with Crippen molar-refractivity contribution in [2.24, 2.45) is 11.8 Å². The predicted octanol–water partition coefficient (Wildman–Crippen LogP) is 3.91. The van der Waals surface area contributed by atoms with Gasteiger partial charge < -0.3 is 15.6 Å². The molecule has 0 aromatic heterocycles. The molecule has 2 N–H and O–H groups in total. The second kappa shape index (κ2) is 9.11. The fourth-order valence-electron chi connectivity index (χ4n) is 5.36. The Morgan fingerprint density at radius 2 is 1.74 bits per heavy atom. The number of fused-ring (bicyclic) bond motifs is 2. The quantitative estimate of drug-likeness (QED) is 0.200. The molecule has 2 fully saturated rings. The largest absolute Gasteiger partial charge is 0.624 e. The lowest BCUT2D eigenvalue weighted by atomic mass is 9.78. The summed E-state index contributed by atoms with van der Waals surface area (Å²) in [6, 6.07) is 4.76. The first kappa shape index (κ1) is 25.5. The molecule has 2 saturated carbocycles. The van der Waals surface area contributed by atoms with E-state index >= 15 is 0 Å². The van der Waals surface area contributed by atoms with Gasteiger partial charge in [-0.2, -0.15) is 0 Å². The van der Waals surface area contributed by atoms with Crippen LogP contribution in [0.1, 0.15) is 36.0 Å². The van der Waals surface area contributed by atoms with E-state index in [0.29, 0.717) is 29.7 Å². The van der Waals surface area contributed by atoms with Gasteiger partial charge in [0.05, 0.1) is 15.2 Å². The highest BCUT2D eigenvalue weighted by Crippen LogP contribution is 2.51. The van der Waals surface area contributed by atoms with Crippen LogP contribution in [-0.2, 0) is 9.84 Å². The van der Waals surface area contributed by atoms with Crippen molar-refractivity contribution in [3.8, 4) is 0 Å². The number of aliphatic hydroxyl groups is 1. The van der Waals surface area contributed by atoms with Gasteiger partial charge in [-0.1, -0.05) is 11.6 Å². The van der Waals surface area contributed by atoms with Crippen LogP contribution < -0.4 is 5.32 Å². The smallest absolute Gasteiger partial charge is 0.255 e. The highest BCUT2D eigenvalue weighted by Gasteiger charge is 2.55. The molecule has 0 radical (unpaired) electrons. The molecular formula is C23H22ClF3N2O5S. The van der Waals surface area contributed by atoms with E-state index in [0.717, 1.165) is 12.3 Å². The van der Waals surface area contributed by atoms with Crippen molar-refractivity contribution in [3.63, 3.8) is 0 Å². The Bertz CT molecular complexity index is 1290. The molecule has 2 bridgehead atoms. The number of anilines is 1. The third-order valence-electron chi connectivity index (χ3n) is 6.59. The van der Waals surface area contributed by atoms with Gasteiger partial charge in [0, 0.05) is 23.4 Å². The fraction of sp³-hybridized carbons (Fsp3) is 0.391. The van der Waals surface area contributed by atoms with Gasteiger partial charge >= 0.3 is 0 Å². The number of benzene rings is 2. The zero-order chi connectivity index (χ0) is 25.7. The van der Waals surface area contributed by atoms with Gasteiger partial charge in [0.2, 0.25) is 0 Å². The van der Waals surface area contributed by atoms with E-state index in [1.54, 1.807) is 0 Å². The van der Waals surface area contributed by atoms with Crippen LogP contribution in [-0.4, -0.2) is 48.3 Å². The minimum absolute atomic E-state index is 0.0967. The van der Waals surface area contributed by atoms with Gasteiger partial charge in [-0.3, -0.25) is 4.79 Å². The summed E-state index contributed by atoms with van der Waals surface area (Å²) in [5.41, 5.74) is -1.89. The van der Waals surface area contributed by atoms with Crippen molar-refractivity contribution < 1.29 is 36.2 Å². The van der Waals surface area contributed by atoms with Gasteiger partial charge in [-0.15, -0.1) is 0 Å². The minimum atomic E-state index is -4.05. The molecule has 1 amide bonds. The third-order valence-corrected chi connectivity index (χ3v) is 9.47. The lowest BCUT2D eigenvalue weighted by Crippen LogP contribution is -2.48. The van der Waals surface area contributed by atoms with Crippen molar-refractivity contribution in [2.75, 3.05) is 12.4 Å². The van der Waals surface area contributed by atoms with Crippen LogP contribution in [0.3, 0.4) is 0 Å². The highest BCUT2D eigenvalue weighted by molar-refractivity contribution is 7.92. The molecule has 0 spiro atoms.